The summed E-state index contributed by atoms with van der Waals surface area (Å²) in [6, 6.07) is -0.225. The van der Waals surface area contributed by atoms with Gasteiger partial charge in [-0.15, -0.1) is 0 Å². The smallest absolute Gasteiger partial charge is 0.149 e. The molecule has 0 saturated carbocycles. The number of hydrogen-bond acceptors (Lipinski definition) is 2. The third kappa shape index (κ3) is 5.30. The van der Waals surface area contributed by atoms with E-state index < -0.39 is 0 Å². The van der Waals surface area contributed by atoms with Gasteiger partial charge in [0.2, 0.25) is 0 Å². The van der Waals surface area contributed by atoms with Crippen LogP contribution in [0.5, 0.6) is 0 Å². The molecule has 0 fully saturated rings. The van der Waals surface area contributed by atoms with Crippen molar-refractivity contribution in [2.75, 3.05) is 0 Å². The highest BCUT2D eigenvalue weighted by Gasteiger charge is 2.13. The first kappa shape index (κ1) is 11.6. The maximum atomic E-state index is 11.3. The van der Waals surface area contributed by atoms with Gasteiger partial charge in [0.1, 0.15) is 5.78 Å². The number of Topliss-reactive ketones (excluding diaryl/α,β-unsaturated/α-hetero) is 1. The van der Waals surface area contributed by atoms with Crippen molar-refractivity contribution < 1.29 is 4.79 Å². The Morgan fingerprint density at radius 3 is 2.42 bits per heavy atom. The molecule has 0 aliphatic carbocycles. The number of carbonyl (C=O) groups excluding carboxylic acids is 1. The van der Waals surface area contributed by atoms with Gasteiger partial charge in [0, 0.05) is 6.42 Å². The fourth-order valence-corrected chi connectivity index (χ4v) is 1.18. The summed E-state index contributed by atoms with van der Waals surface area (Å²) in [4.78, 5) is 11.3. The molecule has 0 aromatic rings. The van der Waals surface area contributed by atoms with E-state index in [0.29, 0.717) is 12.3 Å². The van der Waals surface area contributed by atoms with Crippen molar-refractivity contribution >= 4 is 5.78 Å². The molecule has 0 amide bonds. The number of unbranched alkanes of at least 4 members (excludes halogenated alkanes) is 1. The van der Waals surface area contributed by atoms with E-state index in [4.69, 9.17) is 5.73 Å². The molecule has 12 heavy (non-hydrogen) atoms. The Morgan fingerprint density at radius 1 is 1.42 bits per heavy atom. The minimum atomic E-state index is -0.225. The molecule has 72 valence electrons. The first-order valence-electron chi connectivity index (χ1n) is 4.86. The first-order valence-corrected chi connectivity index (χ1v) is 4.86. The van der Waals surface area contributed by atoms with Gasteiger partial charge >= 0.3 is 0 Å². The number of rotatable bonds is 6. The van der Waals surface area contributed by atoms with Gasteiger partial charge in [-0.25, -0.2) is 0 Å². The second kappa shape index (κ2) is 6.18. The minimum Gasteiger partial charge on any atom is -0.322 e. The molecular weight excluding hydrogens is 150 g/mol. The number of ketones is 1. The van der Waals surface area contributed by atoms with Gasteiger partial charge in [-0.05, 0) is 18.8 Å². The SMILES string of the molecule is CCCCC(=O)[C@@H](N)CC(C)C. The molecule has 2 N–H and O–H groups in total. The topological polar surface area (TPSA) is 43.1 Å². The molecule has 2 heteroatoms. The molecule has 0 rings (SSSR count). The van der Waals surface area contributed by atoms with Crippen LogP contribution in [0.3, 0.4) is 0 Å². The van der Waals surface area contributed by atoms with Gasteiger partial charge in [-0.2, -0.15) is 0 Å². The maximum Gasteiger partial charge on any atom is 0.149 e. The van der Waals surface area contributed by atoms with Crippen LogP contribution in [0.25, 0.3) is 0 Å². The average molecular weight is 171 g/mol. The van der Waals surface area contributed by atoms with Crippen molar-refractivity contribution in [1.29, 1.82) is 0 Å². The lowest BCUT2D eigenvalue weighted by atomic mass is 9.98. The molecule has 1 atom stereocenters. The van der Waals surface area contributed by atoms with Gasteiger partial charge in [-0.3, -0.25) is 4.79 Å². The molecule has 2 nitrogen and oxygen atoms in total. The molecular formula is C10H21NO. The summed E-state index contributed by atoms with van der Waals surface area (Å²) >= 11 is 0. The molecule has 0 heterocycles. The van der Waals surface area contributed by atoms with Gasteiger partial charge < -0.3 is 5.73 Å². The Bertz CT molecular complexity index is 132. The average Bonchev–Trinajstić information content (AvgIpc) is 1.98. The molecule has 0 aromatic carbocycles. The van der Waals surface area contributed by atoms with Crippen LogP contribution in [0.4, 0.5) is 0 Å². The number of carbonyl (C=O) groups is 1. The summed E-state index contributed by atoms with van der Waals surface area (Å²) in [5.41, 5.74) is 5.71. The Kier molecular flexibility index (Phi) is 5.99. The highest BCUT2D eigenvalue weighted by molar-refractivity contribution is 5.83. The zero-order valence-corrected chi connectivity index (χ0v) is 8.47. The van der Waals surface area contributed by atoms with E-state index >= 15 is 0 Å². The zero-order valence-electron chi connectivity index (χ0n) is 8.47. The van der Waals surface area contributed by atoms with Crippen molar-refractivity contribution in [2.24, 2.45) is 11.7 Å². The van der Waals surface area contributed by atoms with E-state index in [-0.39, 0.29) is 11.8 Å². The quantitative estimate of drug-likeness (QED) is 0.665. The zero-order chi connectivity index (χ0) is 9.56. The van der Waals surface area contributed by atoms with Crippen molar-refractivity contribution in [3.05, 3.63) is 0 Å². The maximum absolute atomic E-state index is 11.3. The summed E-state index contributed by atoms with van der Waals surface area (Å²) in [5, 5.41) is 0. The Morgan fingerprint density at radius 2 is 2.00 bits per heavy atom. The normalized spacial score (nSPS) is 13.4. The predicted molar refractivity (Wildman–Crippen MR) is 52.0 cm³/mol. The first-order chi connectivity index (χ1) is 5.57. The molecule has 0 saturated heterocycles. The third-order valence-corrected chi connectivity index (χ3v) is 1.92. The monoisotopic (exact) mass is 171 g/mol. The molecule has 0 aliphatic heterocycles. The Hall–Kier alpha value is -0.370. The van der Waals surface area contributed by atoms with Crippen LogP contribution in [0, 0.1) is 5.92 Å². The second-order valence-electron chi connectivity index (χ2n) is 3.81. The van der Waals surface area contributed by atoms with Gasteiger partial charge in [0.15, 0.2) is 0 Å². The van der Waals surface area contributed by atoms with E-state index in [1.54, 1.807) is 0 Å². The summed E-state index contributed by atoms with van der Waals surface area (Å²) in [6.45, 7) is 6.27. The summed E-state index contributed by atoms with van der Waals surface area (Å²) in [6.07, 6.45) is 3.53. The lowest BCUT2D eigenvalue weighted by molar-refractivity contribution is -0.120. The molecule has 0 aliphatic rings. The largest absolute Gasteiger partial charge is 0.322 e. The fraction of sp³-hybridized carbons (Fsp3) is 0.900. The predicted octanol–water partition coefficient (Wildman–Crippen LogP) is 2.12. The van der Waals surface area contributed by atoms with E-state index in [2.05, 4.69) is 20.8 Å². The summed E-state index contributed by atoms with van der Waals surface area (Å²) < 4.78 is 0. The van der Waals surface area contributed by atoms with Crippen LogP contribution >= 0.6 is 0 Å². The molecule has 0 unspecified atom stereocenters. The van der Waals surface area contributed by atoms with Crippen LogP contribution in [0.15, 0.2) is 0 Å². The van der Waals surface area contributed by atoms with Crippen LogP contribution in [0.2, 0.25) is 0 Å². The van der Waals surface area contributed by atoms with Crippen molar-refractivity contribution in [3.8, 4) is 0 Å². The Balaban J connectivity index is 3.61. The Labute approximate surface area is 75.5 Å². The van der Waals surface area contributed by atoms with E-state index in [9.17, 15) is 4.79 Å². The van der Waals surface area contributed by atoms with Gasteiger partial charge in [0.25, 0.3) is 0 Å². The molecule has 0 bridgehead atoms. The second-order valence-corrected chi connectivity index (χ2v) is 3.81. The third-order valence-electron chi connectivity index (χ3n) is 1.92. The molecule has 0 radical (unpaired) electrons. The van der Waals surface area contributed by atoms with E-state index in [1.165, 1.54) is 0 Å². The van der Waals surface area contributed by atoms with Crippen LogP contribution in [-0.4, -0.2) is 11.8 Å². The van der Waals surface area contributed by atoms with Crippen LogP contribution in [0.1, 0.15) is 46.5 Å². The fourth-order valence-electron chi connectivity index (χ4n) is 1.18. The van der Waals surface area contributed by atoms with Crippen molar-refractivity contribution in [1.82, 2.24) is 0 Å². The van der Waals surface area contributed by atoms with Gasteiger partial charge in [-0.1, -0.05) is 27.2 Å². The summed E-state index contributed by atoms with van der Waals surface area (Å²) in [7, 11) is 0. The molecule has 0 aromatic heterocycles. The van der Waals surface area contributed by atoms with Crippen LogP contribution in [-0.2, 0) is 4.79 Å². The van der Waals surface area contributed by atoms with E-state index in [1.807, 2.05) is 0 Å². The molecule has 0 spiro atoms. The standard InChI is InChI=1S/C10H21NO/c1-4-5-6-10(12)9(11)7-8(2)3/h8-9H,4-7,11H2,1-3H3/t9-/m0/s1. The minimum absolute atomic E-state index is 0.225. The van der Waals surface area contributed by atoms with Crippen LogP contribution < -0.4 is 5.73 Å². The van der Waals surface area contributed by atoms with Crippen molar-refractivity contribution in [2.45, 2.75) is 52.5 Å². The van der Waals surface area contributed by atoms with Gasteiger partial charge in [0.05, 0.1) is 6.04 Å². The number of nitrogens with two attached hydrogens (primary N) is 1. The highest BCUT2D eigenvalue weighted by Crippen LogP contribution is 2.06. The highest BCUT2D eigenvalue weighted by atomic mass is 16.1. The van der Waals surface area contributed by atoms with Crippen molar-refractivity contribution in [3.63, 3.8) is 0 Å². The van der Waals surface area contributed by atoms with E-state index in [0.717, 1.165) is 19.3 Å². The summed E-state index contributed by atoms with van der Waals surface area (Å²) in [5.74, 6) is 0.746. The lowest BCUT2D eigenvalue weighted by Gasteiger charge is -2.12. The number of hydrogen-bond donors (Lipinski definition) is 1. The lowest BCUT2D eigenvalue weighted by Crippen LogP contribution is -2.31.